The number of H-pyrrole nitrogens is 1. The van der Waals surface area contributed by atoms with Gasteiger partial charge in [0.05, 0.1) is 29.4 Å². The molecule has 164 valence electrons. The van der Waals surface area contributed by atoms with Crippen molar-refractivity contribution in [2.75, 3.05) is 13.2 Å². The highest BCUT2D eigenvalue weighted by atomic mass is 35.5. The zero-order chi connectivity index (χ0) is 22.2. The van der Waals surface area contributed by atoms with E-state index in [0.29, 0.717) is 27.4 Å². The number of fused-ring (bicyclic) bond motifs is 1. The van der Waals surface area contributed by atoms with Gasteiger partial charge in [-0.3, -0.25) is 0 Å². The number of pyridine rings is 1. The fourth-order valence-corrected chi connectivity index (χ4v) is 3.98. The topological polar surface area (TPSA) is 100 Å². The third kappa shape index (κ3) is 3.82. The van der Waals surface area contributed by atoms with Crippen LogP contribution in [0.3, 0.4) is 0 Å². The molecule has 7 nitrogen and oxygen atoms in total. The SMILES string of the molecule is OC[C@H]1OCC(Oc2nc3nc(-c4ccc(-c5ccccc5F)cc4)c(Cl)cc3[nH]2)C1O. The second kappa shape index (κ2) is 8.48. The van der Waals surface area contributed by atoms with E-state index in [1.54, 1.807) is 24.3 Å². The Labute approximate surface area is 187 Å². The van der Waals surface area contributed by atoms with Gasteiger partial charge in [0, 0.05) is 11.1 Å². The van der Waals surface area contributed by atoms with Crippen LogP contribution < -0.4 is 4.74 Å². The predicted octanol–water partition coefficient (Wildman–Crippen LogP) is 3.58. The lowest BCUT2D eigenvalue weighted by atomic mass is 10.0. The van der Waals surface area contributed by atoms with E-state index < -0.39 is 18.3 Å². The molecule has 0 spiro atoms. The van der Waals surface area contributed by atoms with Gasteiger partial charge in [0.1, 0.15) is 18.0 Å². The Hall–Kier alpha value is -3.04. The van der Waals surface area contributed by atoms with Gasteiger partial charge in [-0.25, -0.2) is 9.37 Å². The number of aromatic amines is 1. The molecule has 5 rings (SSSR count). The van der Waals surface area contributed by atoms with Crippen LogP contribution >= 0.6 is 11.6 Å². The lowest BCUT2D eigenvalue weighted by Gasteiger charge is -2.15. The number of imidazole rings is 1. The number of nitrogens with one attached hydrogen (secondary N) is 1. The van der Waals surface area contributed by atoms with Crippen LogP contribution in [0.25, 0.3) is 33.5 Å². The number of aliphatic hydroxyl groups excluding tert-OH is 2. The van der Waals surface area contributed by atoms with E-state index in [-0.39, 0.29) is 25.0 Å². The number of benzene rings is 2. The molecule has 1 aliphatic heterocycles. The molecule has 2 unspecified atom stereocenters. The average molecular weight is 456 g/mol. The van der Waals surface area contributed by atoms with Gasteiger partial charge in [-0.05, 0) is 17.7 Å². The van der Waals surface area contributed by atoms with Crippen molar-refractivity contribution < 1.29 is 24.1 Å². The first-order valence-corrected chi connectivity index (χ1v) is 10.4. The predicted molar refractivity (Wildman–Crippen MR) is 117 cm³/mol. The standard InChI is InChI=1S/C23H19ClFN3O4/c24-15-9-17-22(28-23(26-17)32-19-11-31-18(10-29)21(19)30)27-20(15)13-7-5-12(6-8-13)14-3-1-2-4-16(14)25/h1-9,18-19,21,29-30H,10-11H2,(H,26,27,28)/t18-,19?,21?/m1/s1. The first-order valence-electron chi connectivity index (χ1n) is 10.0. The molecule has 0 bridgehead atoms. The number of aliphatic hydroxyl groups is 2. The minimum Gasteiger partial charge on any atom is -0.456 e. The first-order chi connectivity index (χ1) is 15.5. The summed E-state index contributed by atoms with van der Waals surface area (Å²) < 4.78 is 25.0. The van der Waals surface area contributed by atoms with Gasteiger partial charge in [-0.2, -0.15) is 4.98 Å². The summed E-state index contributed by atoms with van der Waals surface area (Å²) in [6, 6.07) is 15.7. The number of rotatable bonds is 5. The Morgan fingerprint density at radius 1 is 1.12 bits per heavy atom. The second-order valence-corrected chi connectivity index (χ2v) is 7.90. The molecule has 1 saturated heterocycles. The molecule has 0 amide bonds. The van der Waals surface area contributed by atoms with E-state index in [4.69, 9.17) is 21.1 Å². The molecule has 0 saturated carbocycles. The van der Waals surface area contributed by atoms with E-state index in [0.717, 1.165) is 11.1 Å². The maximum atomic E-state index is 14.1. The Bertz CT molecular complexity index is 1260. The number of aromatic nitrogens is 3. The zero-order valence-corrected chi connectivity index (χ0v) is 17.5. The third-order valence-electron chi connectivity index (χ3n) is 5.43. The van der Waals surface area contributed by atoms with Gasteiger partial charge < -0.3 is 24.7 Å². The van der Waals surface area contributed by atoms with E-state index in [1.807, 2.05) is 24.3 Å². The fraction of sp³-hybridized carbons (Fsp3) is 0.217. The molecule has 2 aromatic carbocycles. The minimum absolute atomic E-state index is 0.136. The summed E-state index contributed by atoms with van der Waals surface area (Å²) in [5.74, 6) is -0.287. The molecule has 4 aromatic rings. The van der Waals surface area contributed by atoms with Crippen LogP contribution in [0.1, 0.15) is 0 Å². The summed E-state index contributed by atoms with van der Waals surface area (Å²) in [5.41, 5.74) is 3.52. The lowest BCUT2D eigenvalue weighted by Crippen LogP contribution is -2.36. The summed E-state index contributed by atoms with van der Waals surface area (Å²) in [4.78, 5) is 11.9. The highest BCUT2D eigenvalue weighted by Crippen LogP contribution is 2.32. The van der Waals surface area contributed by atoms with E-state index >= 15 is 0 Å². The number of hydrogen-bond donors (Lipinski definition) is 3. The fourth-order valence-electron chi connectivity index (χ4n) is 3.72. The summed E-state index contributed by atoms with van der Waals surface area (Å²) in [5, 5.41) is 19.7. The van der Waals surface area contributed by atoms with Crippen LogP contribution in [0.4, 0.5) is 4.39 Å². The Morgan fingerprint density at radius 2 is 1.88 bits per heavy atom. The van der Waals surface area contributed by atoms with Gasteiger partial charge in [0.2, 0.25) is 0 Å². The molecule has 2 aromatic heterocycles. The van der Waals surface area contributed by atoms with E-state index in [1.165, 1.54) is 6.07 Å². The van der Waals surface area contributed by atoms with Crippen molar-refractivity contribution >= 4 is 22.8 Å². The van der Waals surface area contributed by atoms with Crippen LogP contribution in [-0.4, -0.2) is 56.7 Å². The summed E-state index contributed by atoms with van der Waals surface area (Å²) in [7, 11) is 0. The molecule has 9 heteroatoms. The number of nitrogens with zero attached hydrogens (tertiary/aromatic N) is 2. The molecular formula is C23H19ClFN3O4. The van der Waals surface area contributed by atoms with Crippen LogP contribution in [0.2, 0.25) is 5.02 Å². The van der Waals surface area contributed by atoms with Crippen molar-refractivity contribution in [3.8, 4) is 28.4 Å². The lowest BCUT2D eigenvalue weighted by molar-refractivity contribution is -0.00390. The van der Waals surface area contributed by atoms with Gasteiger partial charge in [-0.1, -0.05) is 54.1 Å². The maximum absolute atomic E-state index is 14.1. The van der Waals surface area contributed by atoms with Gasteiger partial charge in [-0.15, -0.1) is 0 Å². The molecule has 3 heterocycles. The Balaban J connectivity index is 1.41. The Morgan fingerprint density at radius 3 is 2.59 bits per heavy atom. The van der Waals surface area contributed by atoms with E-state index in [9.17, 15) is 14.6 Å². The maximum Gasteiger partial charge on any atom is 0.296 e. The van der Waals surface area contributed by atoms with Gasteiger partial charge >= 0.3 is 0 Å². The Kier molecular flexibility index (Phi) is 5.52. The van der Waals surface area contributed by atoms with Gasteiger partial charge in [0.25, 0.3) is 6.01 Å². The highest BCUT2D eigenvalue weighted by Gasteiger charge is 2.37. The first kappa shape index (κ1) is 20.8. The number of hydrogen-bond acceptors (Lipinski definition) is 6. The third-order valence-corrected chi connectivity index (χ3v) is 5.72. The van der Waals surface area contributed by atoms with Crippen LogP contribution in [-0.2, 0) is 4.74 Å². The molecular weight excluding hydrogens is 437 g/mol. The molecule has 0 radical (unpaired) electrons. The second-order valence-electron chi connectivity index (χ2n) is 7.49. The monoisotopic (exact) mass is 455 g/mol. The average Bonchev–Trinajstić information content (AvgIpc) is 3.36. The summed E-state index contributed by atoms with van der Waals surface area (Å²) in [6.45, 7) is -0.158. The van der Waals surface area contributed by atoms with Gasteiger partial charge in [0.15, 0.2) is 11.8 Å². The van der Waals surface area contributed by atoms with Crippen molar-refractivity contribution in [3.05, 3.63) is 65.4 Å². The quantitative estimate of drug-likeness (QED) is 0.425. The molecule has 1 aliphatic rings. The number of ether oxygens (including phenoxy) is 2. The smallest absolute Gasteiger partial charge is 0.296 e. The molecule has 3 atom stereocenters. The number of halogens is 2. The molecule has 0 aliphatic carbocycles. The van der Waals surface area contributed by atoms with Crippen molar-refractivity contribution in [1.82, 2.24) is 15.0 Å². The van der Waals surface area contributed by atoms with Crippen molar-refractivity contribution in [2.24, 2.45) is 0 Å². The van der Waals surface area contributed by atoms with Crippen molar-refractivity contribution in [2.45, 2.75) is 18.3 Å². The van der Waals surface area contributed by atoms with Crippen LogP contribution in [0.5, 0.6) is 6.01 Å². The summed E-state index contributed by atoms with van der Waals surface area (Å²) in [6.07, 6.45) is -2.31. The van der Waals surface area contributed by atoms with Crippen molar-refractivity contribution in [3.63, 3.8) is 0 Å². The summed E-state index contributed by atoms with van der Waals surface area (Å²) >= 11 is 6.46. The van der Waals surface area contributed by atoms with E-state index in [2.05, 4.69) is 15.0 Å². The molecule has 32 heavy (non-hydrogen) atoms. The van der Waals surface area contributed by atoms with Crippen LogP contribution in [0.15, 0.2) is 54.6 Å². The zero-order valence-electron chi connectivity index (χ0n) is 16.7. The van der Waals surface area contributed by atoms with Crippen molar-refractivity contribution in [1.29, 1.82) is 0 Å². The highest BCUT2D eigenvalue weighted by molar-refractivity contribution is 6.33. The molecule has 3 N–H and O–H groups in total. The normalized spacial score (nSPS) is 20.7. The largest absolute Gasteiger partial charge is 0.456 e. The molecule has 1 fully saturated rings. The minimum atomic E-state index is -0.965. The van der Waals surface area contributed by atoms with Crippen LogP contribution in [0, 0.1) is 5.82 Å².